The number of hydrogen-bond acceptors (Lipinski definition) is 7. The number of nitrogens with one attached hydrogen (secondary N) is 1. The first kappa shape index (κ1) is 24.7. The average molecular weight is 482 g/mol. The van der Waals surface area contributed by atoms with Crippen molar-refractivity contribution in [2.75, 3.05) is 18.5 Å². The zero-order valence-electron chi connectivity index (χ0n) is 19.0. The highest BCUT2D eigenvalue weighted by atomic mass is 35.5. The molecule has 1 atom stereocenters. The number of amides is 1. The molecule has 0 bridgehead atoms. The first-order chi connectivity index (χ1) is 16.3. The Bertz CT molecular complexity index is 1230. The Morgan fingerprint density at radius 3 is 2.68 bits per heavy atom. The Kier molecular flexibility index (Phi) is 7.82. The van der Waals surface area contributed by atoms with Gasteiger partial charge in [0.15, 0.2) is 6.61 Å². The highest BCUT2D eigenvalue weighted by Crippen LogP contribution is 2.40. The molecule has 1 unspecified atom stereocenters. The van der Waals surface area contributed by atoms with Gasteiger partial charge >= 0.3 is 5.97 Å². The molecule has 1 heterocycles. The van der Waals surface area contributed by atoms with E-state index in [1.807, 2.05) is 6.07 Å². The van der Waals surface area contributed by atoms with Crippen LogP contribution in [0.3, 0.4) is 0 Å². The van der Waals surface area contributed by atoms with E-state index in [0.29, 0.717) is 22.0 Å². The highest BCUT2D eigenvalue weighted by molar-refractivity contribution is 6.31. The molecule has 3 rings (SSSR count). The van der Waals surface area contributed by atoms with Crippen molar-refractivity contribution in [3.05, 3.63) is 81.4 Å². The number of allylic oxidation sites excluding steroid dienone is 2. The smallest absolute Gasteiger partial charge is 0.338 e. The maximum atomic E-state index is 12.7. The van der Waals surface area contributed by atoms with Crippen molar-refractivity contribution in [1.29, 1.82) is 5.26 Å². The van der Waals surface area contributed by atoms with Gasteiger partial charge in [0.05, 0.1) is 18.1 Å². The lowest BCUT2D eigenvalue weighted by Crippen LogP contribution is -2.25. The summed E-state index contributed by atoms with van der Waals surface area (Å²) < 4.78 is 16.3. The predicted octanol–water partition coefficient (Wildman–Crippen LogP) is 4.31. The highest BCUT2D eigenvalue weighted by Gasteiger charge is 2.36. The number of hydrogen-bond donors (Lipinski definition) is 2. The van der Waals surface area contributed by atoms with Crippen molar-refractivity contribution in [3.8, 4) is 11.8 Å². The van der Waals surface area contributed by atoms with Crippen LogP contribution in [0.4, 0.5) is 5.69 Å². The minimum Gasteiger partial charge on any atom is -0.484 e. The minimum absolute atomic E-state index is 0.0827. The second kappa shape index (κ2) is 10.8. The van der Waals surface area contributed by atoms with Crippen LogP contribution in [0.5, 0.6) is 5.75 Å². The van der Waals surface area contributed by atoms with Crippen LogP contribution in [-0.2, 0) is 19.1 Å². The monoisotopic (exact) mass is 481 g/mol. The van der Waals surface area contributed by atoms with E-state index in [2.05, 4.69) is 5.32 Å². The summed E-state index contributed by atoms with van der Waals surface area (Å²) in [6, 6.07) is 14.0. The second-order valence-corrected chi connectivity index (χ2v) is 7.84. The quantitative estimate of drug-likeness (QED) is 0.564. The molecule has 8 nitrogen and oxygen atoms in total. The summed E-state index contributed by atoms with van der Waals surface area (Å²) in [6.07, 6.45) is 0. The van der Waals surface area contributed by atoms with Crippen molar-refractivity contribution < 1.29 is 23.8 Å². The summed E-state index contributed by atoms with van der Waals surface area (Å²) in [5.41, 5.74) is 8.10. The fraction of sp³-hybridized carbons (Fsp3) is 0.240. The third kappa shape index (κ3) is 5.33. The number of nitrogens with two attached hydrogens (primary N) is 1. The molecule has 3 N–H and O–H groups in total. The summed E-state index contributed by atoms with van der Waals surface area (Å²) in [7, 11) is 0. The maximum Gasteiger partial charge on any atom is 0.338 e. The van der Waals surface area contributed by atoms with E-state index in [0.717, 1.165) is 5.56 Å². The number of carbonyl (C=O) groups is 2. The SMILES string of the molecule is CCOC(=O)C1=C(C)OC(N)=C(C#N)C1c1cccc(OCC(=O)Nc2cccc(Cl)c2C)c1. The van der Waals surface area contributed by atoms with Crippen LogP contribution in [0.15, 0.2) is 65.3 Å². The summed E-state index contributed by atoms with van der Waals surface area (Å²) in [4.78, 5) is 25.1. The van der Waals surface area contributed by atoms with Gasteiger partial charge in [0.25, 0.3) is 5.91 Å². The normalized spacial score (nSPS) is 15.3. The Labute approximate surface area is 202 Å². The zero-order valence-corrected chi connectivity index (χ0v) is 19.7. The number of ether oxygens (including phenoxy) is 3. The van der Waals surface area contributed by atoms with E-state index in [1.165, 1.54) is 0 Å². The fourth-order valence-corrected chi connectivity index (χ4v) is 3.72. The van der Waals surface area contributed by atoms with Crippen molar-refractivity contribution in [3.63, 3.8) is 0 Å². The van der Waals surface area contributed by atoms with Crippen LogP contribution in [0.2, 0.25) is 5.02 Å². The largest absolute Gasteiger partial charge is 0.484 e. The van der Waals surface area contributed by atoms with Gasteiger partial charge in [-0.2, -0.15) is 5.26 Å². The third-order valence-electron chi connectivity index (χ3n) is 5.20. The van der Waals surface area contributed by atoms with Gasteiger partial charge in [-0.1, -0.05) is 29.8 Å². The van der Waals surface area contributed by atoms with Gasteiger partial charge < -0.3 is 25.3 Å². The minimum atomic E-state index is -0.802. The van der Waals surface area contributed by atoms with Crippen molar-refractivity contribution in [2.24, 2.45) is 5.73 Å². The van der Waals surface area contributed by atoms with Crippen LogP contribution < -0.4 is 15.8 Å². The molecule has 2 aromatic rings. The molecule has 1 amide bonds. The molecule has 0 saturated carbocycles. The molecule has 9 heteroatoms. The molecule has 1 aliphatic rings. The van der Waals surface area contributed by atoms with Gasteiger partial charge in [-0.05, 0) is 56.2 Å². The summed E-state index contributed by atoms with van der Waals surface area (Å²) >= 11 is 6.10. The fourth-order valence-electron chi connectivity index (χ4n) is 3.55. The van der Waals surface area contributed by atoms with Gasteiger partial charge in [0.2, 0.25) is 5.88 Å². The van der Waals surface area contributed by atoms with Crippen molar-refractivity contribution in [1.82, 2.24) is 0 Å². The van der Waals surface area contributed by atoms with Gasteiger partial charge in [-0.15, -0.1) is 0 Å². The third-order valence-corrected chi connectivity index (χ3v) is 5.61. The molecule has 0 saturated heterocycles. The number of carbonyl (C=O) groups excluding carboxylic acids is 2. The molecule has 0 fully saturated rings. The molecule has 0 aromatic heterocycles. The molecule has 176 valence electrons. The Morgan fingerprint density at radius 1 is 1.24 bits per heavy atom. The molecule has 0 radical (unpaired) electrons. The number of nitrogens with zero attached hydrogens (tertiary/aromatic N) is 1. The number of nitriles is 1. The Hall–Kier alpha value is -3.96. The van der Waals surface area contributed by atoms with E-state index >= 15 is 0 Å². The molecule has 0 spiro atoms. The Morgan fingerprint density at radius 2 is 1.97 bits per heavy atom. The van der Waals surface area contributed by atoms with Gasteiger partial charge in [0, 0.05) is 10.7 Å². The maximum absolute atomic E-state index is 12.7. The second-order valence-electron chi connectivity index (χ2n) is 7.44. The van der Waals surface area contributed by atoms with E-state index < -0.39 is 11.9 Å². The predicted molar refractivity (Wildman–Crippen MR) is 127 cm³/mol. The van der Waals surface area contributed by atoms with Crippen LogP contribution in [0, 0.1) is 18.3 Å². The van der Waals surface area contributed by atoms with Crippen molar-refractivity contribution >= 4 is 29.2 Å². The molecule has 34 heavy (non-hydrogen) atoms. The zero-order chi connectivity index (χ0) is 24.8. The van der Waals surface area contributed by atoms with Crippen LogP contribution in [0.25, 0.3) is 0 Å². The topological polar surface area (TPSA) is 124 Å². The van der Waals surface area contributed by atoms with E-state index in [1.54, 1.807) is 63.2 Å². The van der Waals surface area contributed by atoms with Gasteiger partial charge in [-0.25, -0.2) is 4.79 Å². The number of anilines is 1. The summed E-state index contributed by atoms with van der Waals surface area (Å²) in [5.74, 6) is -1.23. The number of rotatable bonds is 7. The molecular formula is C25H24ClN3O5. The lowest BCUT2D eigenvalue weighted by atomic mass is 9.83. The molecule has 1 aliphatic heterocycles. The van der Waals surface area contributed by atoms with Crippen molar-refractivity contribution in [2.45, 2.75) is 26.7 Å². The van der Waals surface area contributed by atoms with Crippen LogP contribution in [-0.4, -0.2) is 25.1 Å². The van der Waals surface area contributed by atoms with Gasteiger partial charge in [-0.3, -0.25) is 4.79 Å². The number of benzene rings is 2. The van der Waals surface area contributed by atoms with E-state index in [4.69, 9.17) is 31.5 Å². The lowest BCUT2D eigenvalue weighted by Gasteiger charge is -2.27. The first-order valence-electron chi connectivity index (χ1n) is 10.5. The molecule has 0 aliphatic carbocycles. The summed E-state index contributed by atoms with van der Waals surface area (Å²) in [6.45, 7) is 4.98. The standard InChI is InChI=1S/C25H24ClN3O5/c1-4-32-25(31)22-15(3)34-24(28)18(12-27)23(22)16-7-5-8-17(11-16)33-13-21(30)29-20-10-6-9-19(26)14(20)2/h5-11,23H,4,13,28H2,1-3H3,(H,29,30). The van der Waals surface area contributed by atoms with Crippen LogP contribution in [0.1, 0.15) is 30.9 Å². The average Bonchev–Trinajstić information content (AvgIpc) is 2.80. The molecule has 2 aromatic carbocycles. The number of esters is 1. The van der Waals surface area contributed by atoms with Crippen LogP contribution >= 0.6 is 11.6 Å². The van der Waals surface area contributed by atoms with E-state index in [9.17, 15) is 14.9 Å². The van der Waals surface area contributed by atoms with Gasteiger partial charge in [0.1, 0.15) is 23.2 Å². The molecular weight excluding hydrogens is 458 g/mol. The Balaban J connectivity index is 1.83. The van der Waals surface area contributed by atoms with E-state index in [-0.39, 0.29) is 41.9 Å². The lowest BCUT2D eigenvalue weighted by molar-refractivity contribution is -0.139. The first-order valence-corrected chi connectivity index (χ1v) is 10.9. The number of halogens is 1. The summed E-state index contributed by atoms with van der Waals surface area (Å²) in [5, 5.41) is 13.0.